The minimum absolute atomic E-state index is 0.0798. The molecule has 148 valence electrons. The van der Waals surface area contributed by atoms with Crippen molar-refractivity contribution in [1.29, 1.82) is 0 Å². The van der Waals surface area contributed by atoms with Gasteiger partial charge in [-0.05, 0) is 74.2 Å². The van der Waals surface area contributed by atoms with Crippen molar-refractivity contribution in [3.05, 3.63) is 59.2 Å². The van der Waals surface area contributed by atoms with Crippen molar-refractivity contribution >= 4 is 23.2 Å². The first-order chi connectivity index (χ1) is 13.5. The van der Waals surface area contributed by atoms with Gasteiger partial charge in [0.05, 0.1) is 6.54 Å². The zero-order valence-corrected chi connectivity index (χ0v) is 16.8. The van der Waals surface area contributed by atoms with E-state index in [0.717, 1.165) is 31.6 Å². The highest BCUT2D eigenvalue weighted by Gasteiger charge is 2.17. The lowest BCUT2D eigenvalue weighted by atomic mass is 10.1. The topological polar surface area (TPSA) is 61.4 Å². The molecule has 1 aliphatic heterocycles. The molecule has 0 aromatic heterocycles. The van der Waals surface area contributed by atoms with Crippen LogP contribution in [0, 0.1) is 13.8 Å². The maximum atomic E-state index is 12.6. The molecule has 5 heteroatoms. The molecule has 0 atom stereocenters. The predicted molar refractivity (Wildman–Crippen MR) is 114 cm³/mol. The molecule has 2 amide bonds. The van der Waals surface area contributed by atoms with Crippen molar-refractivity contribution in [2.24, 2.45) is 0 Å². The number of carbonyl (C=O) groups is 2. The summed E-state index contributed by atoms with van der Waals surface area (Å²) in [5.74, 6) is -0.0407. The van der Waals surface area contributed by atoms with Crippen molar-refractivity contribution in [2.45, 2.75) is 39.5 Å². The second-order valence-electron chi connectivity index (χ2n) is 7.48. The summed E-state index contributed by atoms with van der Waals surface area (Å²) in [5, 5.41) is 6.01. The normalized spacial score (nSPS) is 14.3. The zero-order valence-electron chi connectivity index (χ0n) is 16.8. The SMILES string of the molecule is Cc1ccc(NCC(=O)Nc2ccc(C(=O)N3CCCCCC3)cc2)cc1C. The molecule has 0 aliphatic carbocycles. The molecule has 2 N–H and O–H groups in total. The number of anilines is 2. The number of carbonyl (C=O) groups excluding carboxylic acids is 2. The van der Waals surface area contributed by atoms with Gasteiger partial charge in [0.25, 0.3) is 5.91 Å². The summed E-state index contributed by atoms with van der Waals surface area (Å²) in [5.41, 5.74) is 4.71. The molecule has 1 fully saturated rings. The van der Waals surface area contributed by atoms with Gasteiger partial charge in [-0.15, -0.1) is 0 Å². The summed E-state index contributed by atoms with van der Waals surface area (Å²) >= 11 is 0. The lowest BCUT2D eigenvalue weighted by Crippen LogP contribution is -2.31. The van der Waals surface area contributed by atoms with E-state index in [-0.39, 0.29) is 18.4 Å². The summed E-state index contributed by atoms with van der Waals surface area (Å²) in [6.45, 7) is 5.97. The quantitative estimate of drug-likeness (QED) is 0.811. The molecule has 2 aromatic carbocycles. The van der Waals surface area contributed by atoms with E-state index in [1.807, 2.05) is 23.1 Å². The van der Waals surface area contributed by atoms with Gasteiger partial charge in [-0.3, -0.25) is 9.59 Å². The van der Waals surface area contributed by atoms with Crippen LogP contribution in [0.5, 0.6) is 0 Å². The second-order valence-corrected chi connectivity index (χ2v) is 7.48. The van der Waals surface area contributed by atoms with Gasteiger partial charge >= 0.3 is 0 Å². The first-order valence-electron chi connectivity index (χ1n) is 10.0. The number of benzene rings is 2. The van der Waals surface area contributed by atoms with Crippen LogP contribution in [0.25, 0.3) is 0 Å². The summed E-state index contributed by atoms with van der Waals surface area (Å²) in [4.78, 5) is 26.8. The molecule has 5 nitrogen and oxygen atoms in total. The Kier molecular flexibility index (Phi) is 6.69. The number of aryl methyl sites for hydroxylation is 2. The van der Waals surface area contributed by atoms with Gasteiger partial charge in [-0.2, -0.15) is 0 Å². The van der Waals surface area contributed by atoms with Crippen LogP contribution in [0.15, 0.2) is 42.5 Å². The van der Waals surface area contributed by atoms with Gasteiger partial charge in [-0.25, -0.2) is 0 Å². The van der Waals surface area contributed by atoms with Crippen LogP contribution in [-0.4, -0.2) is 36.3 Å². The van der Waals surface area contributed by atoms with Gasteiger partial charge < -0.3 is 15.5 Å². The smallest absolute Gasteiger partial charge is 0.253 e. The van der Waals surface area contributed by atoms with Crippen LogP contribution < -0.4 is 10.6 Å². The Morgan fingerprint density at radius 2 is 1.50 bits per heavy atom. The molecule has 3 rings (SSSR count). The van der Waals surface area contributed by atoms with Crippen LogP contribution in [0.4, 0.5) is 11.4 Å². The van der Waals surface area contributed by atoms with Gasteiger partial charge in [0.2, 0.25) is 5.91 Å². The van der Waals surface area contributed by atoms with Gasteiger partial charge in [-0.1, -0.05) is 18.9 Å². The third kappa shape index (κ3) is 5.35. The van der Waals surface area contributed by atoms with Gasteiger partial charge in [0, 0.05) is 30.0 Å². The third-order valence-electron chi connectivity index (χ3n) is 5.27. The van der Waals surface area contributed by atoms with Crippen molar-refractivity contribution < 1.29 is 9.59 Å². The molecule has 0 bridgehead atoms. The van der Waals surface area contributed by atoms with Crippen LogP contribution in [0.3, 0.4) is 0 Å². The highest BCUT2D eigenvalue weighted by Crippen LogP contribution is 2.16. The summed E-state index contributed by atoms with van der Waals surface area (Å²) in [6.07, 6.45) is 4.55. The standard InChI is InChI=1S/C23H29N3O2/c1-17-7-10-21(15-18(17)2)24-16-22(27)25-20-11-8-19(9-12-20)23(28)26-13-5-3-4-6-14-26/h7-12,15,24H,3-6,13-14,16H2,1-2H3,(H,25,27). The number of hydrogen-bond donors (Lipinski definition) is 2. The minimum Gasteiger partial charge on any atom is -0.376 e. The minimum atomic E-state index is -0.121. The maximum Gasteiger partial charge on any atom is 0.253 e. The van der Waals surface area contributed by atoms with E-state index in [1.165, 1.54) is 24.0 Å². The van der Waals surface area contributed by atoms with Crippen molar-refractivity contribution in [2.75, 3.05) is 30.3 Å². The van der Waals surface area contributed by atoms with Gasteiger partial charge in [0.15, 0.2) is 0 Å². The molecule has 0 radical (unpaired) electrons. The Hall–Kier alpha value is -2.82. The Bertz CT molecular complexity index is 822. The summed E-state index contributed by atoms with van der Waals surface area (Å²) in [7, 11) is 0. The zero-order chi connectivity index (χ0) is 19.9. The maximum absolute atomic E-state index is 12.6. The lowest BCUT2D eigenvalue weighted by molar-refractivity contribution is -0.114. The van der Waals surface area contributed by atoms with E-state index >= 15 is 0 Å². The molecule has 0 unspecified atom stereocenters. The predicted octanol–water partition coefficient (Wildman–Crippen LogP) is 4.37. The second kappa shape index (κ2) is 9.40. The van der Waals surface area contributed by atoms with Crippen LogP contribution in [-0.2, 0) is 4.79 Å². The highest BCUT2D eigenvalue weighted by molar-refractivity contribution is 5.96. The third-order valence-corrected chi connectivity index (χ3v) is 5.27. The van der Waals surface area contributed by atoms with E-state index in [1.54, 1.807) is 24.3 Å². The van der Waals surface area contributed by atoms with Crippen LogP contribution in [0.1, 0.15) is 47.2 Å². The number of nitrogens with one attached hydrogen (secondary N) is 2. The van der Waals surface area contributed by atoms with E-state index in [0.29, 0.717) is 11.3 Å². The van der Waals surface area contributed by atoms with Crippen molar-refractivity contribution in [1.82, 2.24) is 4.90 Å². The van der Waals surface area contributed by atoms with E-state index < -0.39 is 0 Å². The fraction of sp³-hybridized carbons (Fsp3) is 0.391. The van der Waals surface area contributed by atoms with Gasteiger partial charge in [0.1, 0.15) is 0 Å². The van der Waals surface area contributed by atoms with E-state index in [2.05, 4.69) is 24.5 Å². The average Bonchev–Trinajstić information content (AvgIpc) is 2.98. The van der Waals surface area contributed by atoms with E-state index in [4.69, 9.17) is 0 Å². The molecule has 1 saturated heterocycles. The number of nitrogens with zero attached hydrogens (tertiary/aromatic N) is 1. The first-order valence-corrected chi connectivity index (χ1v) is 10.0. The molecule has 0 spiro atoms. The fourth-order valence-electron chi connectivity index (χ4n) is 3.39. The molecule has 2 aromatic rings. The molecule has 0 saturated carbocycles. The highest BCUT2D eigenvalue weighted by atomic mass is 16.2. The van der Waals surface area contributed by atoms with Crippen LogP contribution >= 0.6 is 0 Å². The Labute approximate surface area is 167 Å². The summed E-state index contributed by atoms with van der Waals surface area (Å²) in [6, 6.07) is 13.2. The molecular formula is C23H29N3O2. The number of likely N-dealkylation sites (tertiary alicyclic amines) is 1. The monoisotopic (exact) mass is 379 g/mol. The Morgan fingerprint density at radius 1 is 0.857 bits per heavy atom. The lowest BCUT2D eigenvalue weighted by Gasteiger charge is -2.20. The van der Waals surface area contributed by atoms with Crippen molar-refractivity contribution in [3.63, 3.8) is 0 Å². The van der Waals surface area contributed by atoms with Crippen molar-refractivity contribution in [3.8, 4) is 0 Å². The summed E-state index contributed by atoms with van der Waals surface area (Å²) < 4.78 is 0. The average molecular weight is 380 g/mol. The first kappa shape index (κ1) is 19.9. The Balaban J connectivity index is 1.52. The molecular weight excluding hydrogens is 350 g/mol. The molecule has 1 heterocycles. The number of rotatable bonds is 5. The fourth-order valence-corrected chi connectivity index (χ4v) is 3.39. The molecule has 1 aliphatic rings. The largest absolute Gasteiger partial charge is 0.376 e. The number of hydrogen-bond acceptors (Lipinski definition) is 3. The van der Waals surface area contributed by atoms with E-state index in [9.17, 15) is 9.59 Å². The Morgan fingerprint density at radius 3 is 2.14 bits per heavy atom. The number of amides is 2. The van der Waals surface area contributed by atoms with Crippen LogP contribution in [0.2, 0.25) is 0 Å². The molecule has 28 heavy (non-hydrogen) atoms.